The Morgan fingerprint density at radius 2 is 1.90 bits per heavy atom. The van der Waals surface area contributed by atoms with Crippen molar-refractivity contribution < 1.29 is 13.9 Å². The Morgan fingerprint density at radius 1 is 1.19 bits per heavy atom. The maximum atomic E-state index is 13.3. The summed E-state index contributed by atoms with van der Waals surface area (Å²) >= 11 is 0. The third-order valence-corrected chi connectivity index (χ3v) is 2.78. The summed E-state index contributed by atoms with van der Waals surface area (Å²) in [5, 5.41) is 8.67. The first kappa shape index (κ1) is 14.5. The number of esters is 1. The summed E-state index contributed by atoms with van der Waals surface area (Å²) in [5.74, 6) is -0.955. The number of ether oxygens (including phenoxy) is 1. The quantitative estimate of drug-likeness (QED) is 0.637. The molecule has 104 valence electrons. The number of nitriles is 1. The monoisotopic (exact) mass is 281 g/mol. The first-order valence-electron chi connectivity index (χ1n) is 6.27. The summed E-state index contributed by atoms with van der Waals surface area (Å²) in [5.41, 5.74) is 1.66. The standard InChI is InChI=1S/C17H12FNO2/c18-16-4-2-1-3-15(16)12-21-17(20)10-9-13-5-7-14(11-19)8-6-13/h1-10H,12H2/b10-9+. The average molecular weight is 281 g/mol. The molecule has 4 heteroatoms. The molecule has 21 heavy (non-hydrogen) atoms. The highest BCUT2D eigenvalue weighted by Gasteiger charge is 2.03. The molecule has 0 N–H and O–H groups in total. The fraction of sp³-hybridized carbons (Fsp3) is 0.0588. The molecule has 0 radical (unpaired) electrons. The first-order chi connectivity index (χ1) is 10.2. The molecule has 3 nitrogen and oxygen atoms in total. The predicted molar refractivity (Wildman–Crippen MR) is 76.4 cm³/mol. The third kappa shape index (κ3) is 4.29. The van der Waals surface area contributed by atoms with E-state index in [1.54, 1.807) is 48.5 Å². The van der Waals surface area contributed by atoms with E-state index in [9.17, 15) is 9.18 Å². The smallest absolute Gasteiger partial charge is 0.331 e. The predicted octanol–water partition coefficient (Wildman–Crippen LogP) is 3.45. The Labute approximate surface area is 121 Å². The number of hydrogen-bond acceptors (Lipinski definition) is 3. The minimum Gasteiger partial charge on any atom is -0.458 e. The van der Waals surface area contributed by atoms with E-state index in [1.807, 2.05) is 6.07 Å². The van der Waals surface area contributed by atoms with E-state index in [4.69, 9.17) is 10.00 Å². The maximum Gasteiger partial charge on any atom is 0.331 e. The Hall–Kier alpha value is -2.93. The van der Waals surface area contributed by atoms with Gasteiger partial charge in [0.15, 0.2) is 0 Å². The zero-order valence-corrected chi connectivity index (χ0v) is 11.1. The van der Waals surface area contributed by atoms with Gasteiger partial charge in [0.05, 0.1) is 11.6 Å². The molecule has 0 atom stereocenters. The lowest BCUT2D eigenvalue weighted by Gasteiger charge is -2.03. The van der Waals surface area contributed by atoms with E-state index >= 15 is 0 Å². The van der Waals surface area contributed by atoms with E-state index in [-0.39, 0.29) is 6.61 Å². The molecule has 0 bridgehead atoms. The molecule has 0 aliphatic heterocycles. The summed E-state index contributed by atoms with van der Waals surface area (Å²) in [6, 6.07) is 14.9. The van der Waals surface area contributed by atoms with Crippen molar-refractivity contribution in [1.82, 2.24) is 0 Å². The SMILES string of the molecule is N#Cc1ccc(/C=C/C(=O)OCc2ccccc2F)cc1. The van der Waals surface area contributed by atoms with Crippen LogP contribution >= 0.6 is 0 Å². The molecule has 0 saturated carbocycles. The molecule has 0 aromatic heterocycles. The van der Waals surface area contributed by atoms with Gasteiger partial charge < -0.3 is 4.74 Å². The molecule has 0 fully saturated rings. The van der Waals surface area contributed by atoms with Gasteiger partial charge in [0, 0.05) is 11.6 Å². The van der Waals surface area contributed by atoms with Crippen LogP contribution in [0.25, 0.3) is 6.08 Å². The van der Waals surface area contributed by atoms with Crippen LogP contribution in [-0.2, 0) is 16.1 Å². The van der Waals surface area contributed by atoms with Crippen LogP contribution in [0.2, 0.25) is 0 Å². The van der Waals surface area contributed by atoms with E-state index < -0.39 is 11.8 Å². The number of hydrogen-bond donors (Lipinski definition) is 0. The van der Waals surface area contributed by atoms with E-state index in [0.717, 1.165) is 5.56 Å². The van der Waals surface area contributed by atoms with Crippen molar-refractivity contribution in [2.75, 3.05) is 0 Å². The first-order valence-corrected chi connectivity index (χ1v) is 6.27. The van der Waals surface area contributed by atoms with E-state index in [0.29, 0.717) is 11.1 Å². The molecule has 0 aliphatic rings. The molecule has 0 heterocycles. The van der Waals surface area contributed by atoms with Crippen molar-refractivity contribution in [1.29, 1.82) is 5.26 Å². The van der Waals surface area contributed by atoms with Gasteiger partial charge in [-0.25, -0.2) is 9.18 Å². The fourth-order valence-electron chi connectivity index (χ4n) is 1.65. The lowest BCUT2D eigenvalue weighted by Crippen LogP contribution is -2.02. The van der Waals surface area contributed by atoms with Gasteiger partial charge in [-0.2, -0.15) is 5.26 Å². The molecular weight excluding hydrogens is 269 g/mol. The van der Waals surface area contributed by atoms with Gasteiger partial charge in [-0.3, -0.25) is 0 Å². The number of carbonyl (C=O) groups excluding carboxylic acids is 1. The number of benzene rings is 2. The minimum absolute atomic E-state index is 0.108. The number of rotatable bonds is 4. The number of carbonyl (C=O) groups is 1. The lowest BCUT2D eigenvalue weighted by molar-refractivity contribution is -0.138. The highest BCUT2D eigenvalue weighted by molar-refractivity contribution is 5.87. The zero-order valence-electron chi connectivity index (χ0n) is 11.1. The van der Waals surface area contributed by atoms with Crippen LogP contribution in [-0.4, -0.2) is 5.97 Å². The molecule has 0 aliphatic carbocycles. The van der Waals surface area contributed by atoms with Gasteiger partial charge in [0.2, 0.25) is 0 Å². The van der Waals surface area contributed by atoms with Crippen molar-refractivity contribution >= 4 is 12.0 Å². The number of halogens is 1. The van der Waals surface area contributed by atoms with E-state index in [2.05, 4.69) is 0 Å². The van der Waals surface area contributed by atoms with Crippen molar-refractivity contribution in [3.05, 3.63) is 77.1 Å². The average Bonchev–Trinajstić information content (AvgIpc) is 2.52. The highest BCUT2D eigenvalue weighted by atomic mass is 19.1. The lowest BCUT2D eigenvalue weighted by atomic mass is 10.1. The molecule has 0 amide bonds. The summed E-state index contributed by atoms with van der Waals surface area (Å²) in [6.45, 7) is -0.108. The second kappa shape index (κ2) is 7.01. The normalized spacial score (nSPS) is 10.3. The Kier molecular flexibility index (Phi) is 4.84. The molecule has 0 saturated heterocycles. The van der Waals surface area contributed by atoms with Crippen LogP contribution < -0.4 is 0 Å². The Morgan fingerprint density at radius 3 is 2.57 bits per heavy atom. The van der Waals surface area contributed by atoms with Crippen LogP contribution in [0.15, 0.2) is 54.6 Å². The molecule has 2 aromatic rings. The topological polar surface area (TPSA) is 50.1 Å². The Balaban J connectivity index is 1.91. The van der Waals surface area contributed by atoms with Crippen LogP contribution in [0.5, 0.6) is 0 Å². The van der Waals surface area contributed by atoms with Crippen LogP contribution in [0.3, 0.4) is 0 Å². The third-order valence-electron chi connectivity index (χ3n) is 2.78. The highest BCUT2D eigenvalue weighted by Crippen LogP contribution is 2.09. The zero-order chi connectivity index (χ0) is 15.1. The molecule has 2 aromatic carbocycles. The molecule has 2 rings (SSSR count). The van der Waals surface area contributed by atoms with Crippen LogP contribution in [0.4, 0.5) is 4.39 Å². The van der Waals surface area contributed by atoms with Gasteiger partial charge in [-0.05, 0) is 29.8 Å². The maximum absolute atomic E-state index is 13.3. The second-order valence-electron chi connectivity index (χ2n) is 4.27. The van der Waals surface area contributed by atoms with Crippen molar-refractivity contribution in [2.45, 2.75) is 6.61 Å². The van der Waals surface area contributed by atoms with Crippen LogP contribution in [0, 0.1) is 17.1 Å². The van der Waals surface area contributed by atoms with Crippen LogP contribution in [0.1, 0.15) is 16.7 Å². The largest absolute Gasteiger partial charge is 0.458 e. The molecule has 0 unspecified atom stereocenters. The van der Waals surface area contributed by atoms with Crippen molar-refractivity contribution in [3.8, 4) is 6.07 Å². The summed E-state index contributed by atoms with van der Waals surface area (Å²) in [7, 11) is 0. The van der Waals surface area contributed by atoms with Gasteiger partial charge in [0.25, 0.3) is 0 Å². The van der Waals surface area contributed by atoms with Crippen molar-refractivity contribution in [2.24, 2.45) is 0 Å². The van der Waals surface area contributed by atoms with Gasteiger partial charge in [0.1, 0.15) is 12.4 Å². The van der Waals surface area contributed by atoms with E-state index in [1.165, 1.54) is 12.1 Å². The van der Waals surface area contributed by atoms with Gasteiger partial charge in [-0.1, -0.05) is 30.3 Å². The van der Waals surface area contributed by atoms with Crippen molar-refractivity contribution in [3.63, 3.8) is 0 Å². The summed E-state index contributed by atoms with van der Waals surface area (Å²) in [4.78, 5) is 11.5. The minimum atomic E-state index is -0.553. The van der Waals surface area contributed by atoms with Gasteiger partial charge in [-0.15, -0.1) is 0 Å². The molecule has 0 spiro atoms. The summed E-state index contributed by atoms with van der Waals surface area (Å²) < 4.78 is 18.3. The number of nitrogens with zero attached hydrogens (tertiary/aromatic N) is 1. The molecular formula is C17H12FNO2. The fourth-order valence-corrected chi connectivity index (χ4v) is 1.65. The van der Waals surface area contributed by atoms with Gasteiger partial charge >= 0.3 is 5.97 Å². The Bertz CT molecular complexity index is 699. The second-order valence-corrected chi connectivity index (χ2v) is 4.27. The summed E-state index contributed by atoms with van der Waals surface area (Å²) in [6.07, 6.45) is 2.84.